The van der Waals surface area contributed by atoms with E-state index >= 15 is 0 Å². The molecule has 6 heteroatoms. The fourth-order valence-corrected chi connectivity index (χ4v) is 4.01. The monoisotopic (exact) mass is 399 g/mol. The lowest BCUT2D eigenvalue weighted by Gasteiger charge is -2.12. The Hall–Kier alpha value is -0.810. The Kier molecular flexibility index (Phi) is 8.33. The van der Waals surface area contributed by atoms with E-state index in [-0.39, 0.29) is 11.2 Å². The van der Waals surface area contributed by atoms with E-state index < -0.39 is 0 Å². The Morgan fingerprint density at radius 3 is 2.58 bits per heavy atom. The minimum Gasteiger partial charge on any atom is -0.354 e. The van der Waals surface area contributed by atoms with Crippen molar-refractivity contribution in [3.63, 3.8) is 0 Å². The third-order valence-corrected chi connectivity index (χ3v) is 5.83. The summed E-state index contributed by atoms with van der Waals surface area (Å²) in [7, 11) is 0. The molecule has 0 bridgehead atoms. The largest absolute Gasteiger partial charge is 0.354 e. The third kappa shape index (κ3) is 6.98. The van der Waals surface area contributed by atoms with Gasteiger partial charge in [-0.15, -0.1) is 11.8 Å². The van der Waals surface area contributed by atoms with Gasteiger partial charge >= 0.3 is 0 Å². The lowest BCUT2D eigenvalue weighted by Crippen LogP contribution is -2.32. The summed E-state index contributed by atoms with van der Waals surface area (Å²) in [6.45, 7) is 2.57. The predicted octanol–water partition coefficient (Wildman–Crippen LogP) is 5.52. The van der Waals surface area contributed by atoms with Gasteiger partial charge in [0.1, 0.15) is 0 Å². The van der Waals surface area contributed by atoms with Gasteiger partial charge in [-0.05, 0) is 48.9 Å². The first-order chi connectivity index (χ1) is 11.5. The Morgan fingerprint density at radius 2 is 1.88 bits per heavy atom. The van der Waals surface area contributed by atoms with Crippen LogP contribution in [0.15, 0.2) is 53.4 Å². The molecule has 128 valence electrons. The fourth-order valence-electron chi connectivity index (χ4n) is 1.98. The highest BCUT2D eigenvalue weighted by Crippen LogP contribution is 2.24. The molecular formula is C18H19Cl2NOS2. The lowest BCUT2D eigenvalue weighted by molar-refractivity contribution is -0.120. The van der Waals surface area contributed by atoms with E-state index in [0.717, 1.165) is 21.4 Å². The molecule has 2 nitrogen and oxygen atoms in total. The zero-order chi connectivity index (χ0) is 17.4. The number of carbonyl (C=O) groups is 1. The van der Waals surface area contributed by atoms with Crippen molar-refractivity contribution in [2.75, 3.05) is 12.3 Å². The van der Waals surface area contributed by atoms with E-state index in [4.69, 9.17) is 23.2 Å². The molecule has 0 spiro atoms. The standard InChI is InChI=1S/C18H19Cl2NOS2/c1-13(24-17-7-5-15(19)6-8-17)18(22)21-9-10-23-12-14-3-2-4-16(20)11-14/h2-8,11,13H,9-10,12H2,1H3,(H,21,22). The van der Waals surface area contributed by atoms with Gasteiger partial charge in [-0.25, -0.2) is 0 Å². The number of halogens is 2. The van der Waals surface area contributed by atoms with Crippen LogP contribution in [-0.4, -0.2) is 23.5 Å². The van der Waals surface area contributed by atoms with Crippen molar-refractivity contribution in [2.24, 2.45) is 0 Å². The molecule has 0 aliphatic heterocycles. The van der Waals surface area contributed by atoms with Crippen LogP contribution in [0.4, 0.5) is 0 Å². The highest BCUT2D eigenvalue weighted by atomic mass is 35.5. The van der Waals surface area contributed by atoms with E-state index in [2.05, 4.69) is 11.4 Å². The number of thioether (sulfide) groups is 2. The second-order valence-corrected chi connectivity index (χ2v) is 8.58. The molecular weight excluding hydrogens is 381 g/mol. The van der Waals surface area contributed by atoms with E-state index in [1.165, 1.54) is 17.3 Å². The Balaban J connectivity index is 1.64. The molecule has 2 aromatic rings. The van der Waals surface area contributed by atoms with Crippen molar-refractivity contribution < 1.29 is 4.79 Å². The predicted molar refractivity (Wildman–Crippen MR) is 107 cm³/mol. The van der Waals surface area contributed by atoms with Crippen molar-refractivity contribution in [1.82, 2.24) is 5.32 Å². The maximum atomic E-state index is 12.1. The van der Waals surface area contributed by atoms with Gasteiger partial charge in [-0.1, -0.05) is 35.3 Å². The van der Waals surface area contributed by atoms with Crippen molar-refractivity contribution >= 4 is 52.6 Å². The molecule has 1 unspecified atom stereocenters. The Labute approximate surface area is 161 Å². The normalized spacial score (nSPS) is 12.0. The minimum atomic E-state index is -0.135. The fraction of sp³-hybridized carbons (Fsp3) is 0.278. The van der Waals surface area contributed by atoms with E-state index in [1.54, 1.807) is 11.8 Å². The quantitative estimate of drug-likeness (QED) is 0.467. The Bertz CT molecular complexity index is 664. The molecule has 0 saturated carbocycles. The summed E-state index contributed by atoms with van der Waals surface area (Å²) in [5, 5.41) is 4.30. The van der Waals surface area contributed by atoms with Gasteiger partial charge in [-0.2, -0.15) is 11.8 Å². The number of hydrogen-bond acceptors (Lipinski definition) is 3. The maximum Gasteiger partial charge on any atom is 0.233 e. The highest BCUT2D eigenvalue weighted by Gasteiger charge is 2.13. The van der Waals surface area contributed by atoms with Gasteiger partial charge < -0.3 is 5.32 Å². The number of benzene rings is 2. The van der Waals surface area contributed by atoms with Crippen LogP contribution in [0, 0.1) is 0 Å². The summed E-state index contributed by atoms with van der Waals surface area (Å²) in [6.07, 6.45) is 0. The molecule has 0 aliphatic carbocycles. The van der Waals surface area contributed by atoms with Crippen molar-refractivity contribution in [3.05, 3.63) is 64.1 Å². The van der Waals surface area contributed by atoms with Crippen LogP contribution in [0.25, 0.3) is 0 Å². The van der Waals surface area contributed by atoms with Crippen LogP contribution in [0.2, 0.25) is 10.0 Å². The van der Waals surface area contributed by atoms with E-state index in [1.807, 2.05) is 49.4 Å². The van der Waals surface area contributed by atoms with Crippen LogP contribution in [0.3, 0.4) is 0 Å². The molecule has 0 saturated heterocycles. The first-order valence-electron chi connectivity index (χ1n) is 7.57. The van der Waals surface area contributed by atoms with Crippen molar-refractivity contribution in [3.8, 4) is 0 Å². The topological polar surface area (TPSA) is 29.1 Å². The molecule has 0 radical (unpaired) electrons. The summed E-state index contributed by atoms with van der Waals surface area (Å²) in [5.74, 6) is 1.82. The summed E-state index contributed by atoms with van der Waals surface area (Å²) in [4.78, 5) is 13.1. The molecule has 24 heavy (non-hydrogen) atoms. The van der Waals surface area contributed by atoms with Gasteiger partial charge in [0, 0.05) is 33.0 Å². The van der Waals surface area contributed by atoms with Crippen LogP contribution in [0.5, 0.6) is 0 Å². The van der Waals surface area contributed by atoms with Gasteiger partial charge in [0.05, 0.1) is 5.25 Å². The summed E-state index contributed by atoms with van der Waals surface area (Å²) >= 11 is 15.1. The average Bonchev–Trinajstić information content (AvgIpc) is 2.56. The van der Waals surface area contributed by atoms with Crippen molar-refractivity contribution in [1.29, 1.82) is 0 Å². The zero-order valence-corrected chi connectivity index (χ0v) is 16.4. The van der Waals surface area contributed by atoms with Gasteiger partial charge in [0.2, 0.25) is 5.91 Å². The van der Waals surface area contributed by atoms with Crippen LogP contribution < -0.4 is 5.32 Å². The van der Waals surface area contributed by atoms with Crippen LogP contribution in [0.1, 0.15) is 12.5 Å². The van der Waals surface area contributed by atoms with E-state index in [0.29, 0.717) is 11.6 Å². The molecule has 2 rings (SSSR count). The molecule has 0 aliphatic rings. The summed E-state index contributed by atoms with van der Waals surface area (Å²) in [6, 6.07) is 15.4. The second kappa shape index (κ2) is 10.2. The number of hydrogen-bond donors (Lipinski definition) is 1. The molecule has 0 heterocycles. The SMILES string of the molecule is CC(Sc1ccc(Cl)cc1)C(=O)NCCSCc1cccc(Cl)c1. The zero-order valence-electron chi connectivity index (χ0n) is 13.3. The highest BCUT2D eigenvalue weighted by molar-refractivity contribution is 8.00. The molecule has 1 N–H and O–H groups in total. The van der Waals surface area contributed by atoms with Gasteiger partial charge in [-0.3, -0.25) is 4.79 Å². The number of carbonyl (C=O) groups excluding carboxylic acids is 1. The third-order valence-electron chi connectivity index (χ3n) is 3.20. The smallest absolute Gasteiger partial charge is 0.233 e. The van der Waals surface area contributed by atoms with Gasteiger partial charge in [0.15, 0.2) is 0 Å². The molecule has 1 atom stereocenters. The maximum absolute atomic E-state index is 12.1. The first-order valence-corrected chi connectivity index (χ1v) is 10.4. The number of rotatable bonds is 8. The van der Waals surface area contributed by atoms with Gasteiger partial charge in [0.25, 0.3) is 0 Å². The average molecular weight is 400 g/mol. The molecule has 2 aromatic carbocycles. The van der Waals surface area contributed by atoms with Crippen molar-refractivity contribution in [2.45, 2.75) is 22.8 Å². The summed E-state index contributed by atoms with van der Waals surface area (Å²) in [5.41, 5.74) is 1.20. The molecule has 0 fully saturated rings. The summed E-state index contributed by atoms with van der Waals surface area (Å²) < 4.78 is 0. The molecule has 1 amide bonds. The first kappa shape index (κ1) is 19.5. The minimum absolute atomic E-state index is 0.0540. The van der Waals surface area contributed by atoms with E-state index in [9.17, 15) is 4.79 Å². The molecule has 0 aromatic heterocycles. The van der Waals surface area contributed by atoms with Crippen LogP contribution in [-0.2, 0) is 10.5 Å². The second-order valence-electron chi connectivity index (χ2n) is 5.19. The number of nitrogens with one attached hydrogen (secondary N) is 1. The van der Waals surface area contributed by atoms with Crippen LogP contribution >= 0.6 is 46.7 Å². The lowest BCUT2D eigenvalue weighted by atomic mass is 10.2. The number of amides is 1. The Morgan fingerprint density at radius 1 is 1.12 bits per heavy atom.